The summed E-state index contributed by atoms with van der Waals surface area (Å²) in [5.74, 6) is -0.321. The molecule has 166 valence electrons. The third-order valence-electron chi connectivity index (χ3n) is 5.91. The number of ether oxygens (including phenoxy) is 1. The molecule has 4 rings (SSSR count). The number of carbonyl (C=O) groups is 2. The Morgan fingerprint density at radius 1 is 0.848 bits per heavy atom. The van der Waals surface area contributed by atoms with Gasteiger partial charge in [0, 0.05) is 13.0 Å². The average molecular weight is 438 g/mol. The van der Waals surface area contributed by atoms with Gasteiger partial charge in [-0.05, 0) is 59.5 Å². The van der Waals surface area contributed by atoms with Crippen molar-refractivity contribution in [2.75, 3.05) is 6.54 Å². The predicted octanol–water partition coefficient (Wildman–Crippen LogP) is 5.53. The average Bonchev–Trinajstić information content (AvgIpc) is 2.80. The monoisotopic (exact) mass is 437 g/mol. The summed E-state index contributed by atoms with van der Waals surface area (Å²) in [4.78, 5) is 25.6. The van der Waals surface area contributed by atoms with E-state index in [0.29, 0.717) is 17.7 Å². The summed E-state index contributed by atoms with van der Waals surface area (Å²) in [5, 5.41) is 2.26. The molecule has 4 aromatic carbocycles. The van der Waals surface area contributed by atoms with Gasteiger partial charge in [0.2, 0.25) is 0 Å². The molecule has 2 N–H and O–H groups in total. The van der Waals surface area contributed by atoms with E-state index >= 15 is 0 Å². The number of fused-ring (bicyclic) bond motifs is 1. The van der Waals surface area contributed by atoms with Gasteiger partial charge >= 0.3 is 5.97 Å². The van der Waals surface area contributed by atoms with Crippen LogP contribution in [-0.2, 0) is 11.2 Å². The van der Waals surface area contributed by atoms with Crippen LogP contribution in [0.1, 0.15) is 38.5 Å². The number of aryl methyl sites for hydroxylation is 2. The molecule has 0 radical (unpaired) electrons. The van der Waals surface area contributed by atoms with Crippen molar-refractivity contribution in [1.82, 2.24) is 0 Å². The first-order chi connectivity index (χ1) is 15.9. The Bertz CT molecular complexity index is 1310. The van der Waals surface area contributed by atoms with Crippen LogP contribution in [0.4, 0.5) is 0 Å². The van der Waals surface area contributed by atoms with Gasteiger partial charge in [-0.2, -0.15) is 0 Å². The molecule has 0 fully saturated rings. The van der Waals surface area contributed by atoms with E-state index in [1.807, 2.05) is 56.3 Å². The number of nitrogens with two attached hydrogens (primary N) is 1. The quantitative estimate of drug-likeness (QED) is 0.305. The van der Waals surface area contributed by atoms with Crippen molar-refractivity contribution in [3.63, 3.8) is 0 Å². The van der Waals surface area contributed by atoms with E-state index in [-0.39, 0.29) is 12.3 Å². The standard InChI is InChI=1S/C29H27NO3/c1-19-7-14-26(20(2)15-19)29(32)33-25-12-10-23(11-13-25)27(18-30)28(31)17-21-8-9-22-5-3-4-6-24(22)16-21/h3-16,27H,17-18,30H2,1-2H3. The van der Waals surface area contributed by atoms with E-state index in [0.717, 1.165) is 33.0 Å². The van der Waals surface area contributed by atoms with Crippen LogP contribution in [0, 0.1) is 13.8 Å². The first-order valence-electron chi connectivity index (χ1n) is 11.0. The van der Waals surface area contributed by atoms with Crippen molar-refractivity contribution in [2.45, 2.75) is 26.2 Å². The van der Waals surface area contributed by atoms with E-state index in [2.05, 4.69) is 12.1 Å². The van der Waals surface area contributed by atoms with Crippen molar-refractivity contribution in [3.05, 3.63) is 113 Å². The molecule has 0 bridgehead atoms. The molecule has 0 aliphatic heterocycles. The van der Waals surface area contributed by atoms with Crippen LogP contribution in [0.15, 0.2) is 84.9 Å². The van der Waals surface area contributed by atoms with Gasteiger partial charge in [0.15, 0.2) is 0 Å². The minimum absolute atomic E-state index is 0.0628. The van der Waals surface area contributed by atoms with Crippen LogP contribution in [0.2, 0.25) is 0 Å². The summed E-state index contributed by atoms with van der Waals surface area (Å²) in [6.45, 7) is 4.09. The molecule has 0 aliphatic carbocycles. The van der Waals surface area contributed by atoms with Gasteiger partial charge in [-0.25, -0.2) is 4.79 Å². The summed E-state index contributed by atoms with van der Waals surface area (Å²) in [5.41, 5.74) is 10.3. The van der Waals surface area contributed by atoms with Gasteiger partial charge in [-0.15, -0.1) is 0 Å². The molecule has 0 amide bonds. The Morgan fingerprint density at radius 2 is 1.58 bits per heavy atom. The molecule has 0 saturated carbocycles. The fourth-order valence-corrected chi connectivity index (χ4v) is 4.10. The number of benzene rings is 4. The number of hydrogen-bond donors (Lipinski definition) is 1. The van der Waals surface area contributed by atoms with E-state index in [4.69, 9.17) is 10.5 Å². The number of hydrogen-bond acceptors (Lipinski definition) is 4. The normalized spacial score (nSPS) is 11.8. The van der Waals surface area contributed by atoms with Crippen molar-refractivity contribution in [3.8, 4) is 5.75 Å². The summed E-state index contributed by atoms with van der Waals surface area (Å²) in [7, 11) is 0. The van der Waals surface area contributed by atoms with E-state index in [1.165, 1.54) is 0 Å². The van der Waals surface area contributed by atoms with Crippen molar-refractivity contribution in [2.24, 2.45) is 5.73 Å². The lowest BCUT2D eigenvalue weighted by Gasteiger charge is -2.15. The maximum atomic E-state index is 13.0. The number of rotatable bonds is 7. The van der Waals surface area contributed by atoms with Gasteiger partial charge < -0.3 is 10.5 Å². The van der Waals surface area contributed by atoms with Gasteiger partial charge in [0.1, 0.15) is 11.5 Å². The minimum Gasteiger partial charge on any atom is -0.423 e. The largest absolute Gasteiger partial charge is 0.423 e. The van der Waals surface area contributed by atoms with Gasteiger partial charge in [0.05, 0.1) is 11.5 Å². The van der Waals surface area contributed by atoms with Crippen molar-refractivity contribution >= 4 is 22.5 Å². The van der Waals surface area contributed by atoms with Crippen molar-refractivity contribution in [1.29, 1.82) is 0 Å². The molecule has 4 aromatic rings. The molecule has 0 aliphatic rings. The second-order valence-electron chi connectivity index (χ2n) is 8.39. The topological polar surface area (TPSA) is 69.4 Å². The Kier molecular flexibility index (Phi) is 6.66. The molecule has 4 heteroatoms. The molecule has 0 saturated heterocycles. The first-order valence-corrected chi connectivity index (χ1v) is 11.0. The van der Waals surface area contributed by atoms with Gasteiger partial charge in [-0.3, -0.25) is 4.79 Å². The highest BCUT2D eigenvalue weighted by Gasteiger charge is 2.20. The molecule has 1 atom stereocenters. The number of esters is 1. The summed E-state index contributed by atoms with van der Waals surface area (Å²) < 4.78 is 5.53. The van der Waals surface area contributed by atoms with E-state index in [9.17, 15) is 9.59 Å². The highest BCUT2D eigenvalue weighted by molar-refractivity contribution is 5.93. The van der Waals surface area contributed by atoms with Gasteiger partial charge in [-0.1, -0.05) is 72.3 Å². The Labute approximate surface area is 194 Å². The lowest BCUT2D eigenvalue weighted by atomic mass is 9.90. The zero-order valence-electron chi connectivity index (χ0n) is 18.9. The zero-order chi connectivity index (χ0) is 23.4. The Balaban J connectivity index is 1.45. The number of carbonyl (C=O) groups excluding carboxylic acids is 2. The minimum atomic E-state index is -0.416. The van der Waals surface area contributed by atoms with Crippen molar-refractivity contribution < 1.29 is 14.3 Å². The second kappa shape index (κ2) is 9.80. The summed E-state index contributed by atoms with van der Waals surface area (Å²) in [6, 6.07) is 26.8. The molecular weight excluding hydrogens is 410 g/mol. The SMILES string of the molecule is Cc1ccc(C(=O)Oc2ccc(C(CN)C(=O)Cc3ccc4ccccc4c3)cc2)c(C)c1. The summed E-state index contributed by atoms with van der Waals surface area (Å²) >= 11 is 0. The zero-order valence-corrected chi connectivity index (χ0v) is 18.9. The lowest BCUT2D eigenvalue weighted by molar-refractivity contribution is -0.119. The van der Waals surface area contributed by atoms with Crippen LogP contribution >= 0.6 is 0 Å². The highest BCUT2D eigenvalue weighted by atomic mass is 16.5. The molecule has 33 heavy (non-hydrogen) atoms. The highest BCUT2D eigenvalue weighted by Crippen LogP contribution is 2.24. The number of Topliss-reactive ketones (excluding diaryl/α,β-unsaturated/α-hetero) is 1. The molecule has 0 aromatic heterocycles. The molecule has 0 heterocycles. The predicted molar refractivity (Wildman–Crippen MR) is 132 cm³/mol. The number of ketones is 1. The van der Waals surface area contributed by atoms with Crippen LogP contribution in [0.5, 0.6) is 5.75 Å². The fourth-order valence-electron chi connectivity index (χ4n) is 4.10. The molecular formula is C29H27NO3. The third kappa shape index (κ3) is 5.18. The lowest BCUT2D eigenvalue weighted by Crippen LogP contribution is -2.23. The van der Waals surface area contributed by atoms with E-state index in [1.54, 1.807) is 30.3 Å². The molecule has 1 unspecified atom stereocenters. The molecule has 4 nitrogen and oxygen atoms in total. The first kappa shape index (κ1) is 22.4. The van der Waals surface area contributed by atoms with Crippen LogP contribution < -0.4 is 10.5 Å². The summed E-state index contributed by atoms with van der Waals surface area (Å²) in [6.07, 6.45) is 0.316. The maximum absolute atomic E-state index is 13.0. The Hall–Kier alpha value is -3.76. The molecule has 0 spiro atoms. The Morgan fingerprint density at radius 3 is 2.27 bits per heavy atom. The maximum Gasteiger partial charge on any atom is 0.343 e. The van der Waals surface area contributed by atoms with E-state index < -0.39 is 11.9 Å². The van der Waals surface area contributed by atoms with Crippen LogP contribution in [0.25, 0.3) is 10.8 Å². The fraction of sp³-hybridized carbons (Fsp3) is 0.172. The second-order valence-corrected chi connectivity index (χ2v) is 8.39. The smallest absolute Gasteiger partial charge is 0.343 e. The van der Waals surface area contributed by atoms with Gasteiger partial charge in [0.25, 0.3) is 0 Å². The van der Waals surface area contributed by atoms with Crippen LogP contribution in [-0.4, -0.2) is 18.3 Å². The van der Waals surface area contributed by atoms with Crippen LogP contribution in [0.3, 0.4) is 0 Å². The third-order valence-corrected chi connectivity index (χ3v) is 5.91.